The van der Waals surface area contributed by atoms with E-state index in [9.17, 15) is 4.79 Å². The van der Waals surface area contributed by atoms with Crippen LogP contribution in [-0.2, 0) is 4.79 Å². The Hall–Kier alpha value is -2.08. The number of hydrogen-bond acceptors (Lipinski definition) is 4. The Balaban J connectivity index is 1.34. The number of carbonyl (C=O) groups excluding carboxylic acids is 1. The van der Waals surface area contributed by atoms with Gasteiger partial charge in [-0.2, -0.15) is 0 Å². The van der Waals surface area contributed by atoms with E-state index >= 15 is 0 Å². The molecule has 0 aromatic heterocycles. The quantitative estimate of drug-likeness (QED) is 0.833. The summed E-state index contributed by atoms with van der Waals surface area (Å²) in [5.41, 5.74) is 11.3. The molecule has 0 saturated carbocycles. The molecule has 2 unspecified atom stereocenters. The predicted molar refractivity (Wildman–Crippen MR) is 114 cm³/mol. The SMILES string of the molecule is Cc1ccc(C2CC(C(=O)N3CCN(c4cc(Cl)ccc4C)CC3)NN2)cc1. The highest BCUT2D eigenvalue weighted by atomic mass is 35.5. The van der Waals surface area contributed by atoms with E-state index in [0.29, 0.717) is 0 Å². The smallest absolute Gasteiger partial charge is 0.241 e. The topological polar surface area (TPSA) is 47.6 Å². The average molecular weight is 399 g/mol. The van der Waals surface area contributed by atoms with Crippen molar-refractivity contribution in [3.05, 3.63) is 64.2 Å². The summed E-state index contributed by atoms with van der Waals surface area (Å²) < 4.78 is 0. The molecule has 0 aliphatic carbocycles. The fraction of sp³-hybridized carbons (Fsp3) is 0.409. The number of nitrogens with zero attached hydrogens (tertiary/aromatic N) is 2. The lowest BCUT2D eigenvalue weighted by Crippen LogP contribution is -2.53. The van der Waals surface area contributed by atoms with Gasteiger partial charge in [-0.3, -0.25) is 4.79 Å². The summed E-state index contributed by atoms with van der Waals surface area (Å²) in [5, 5.41) is 0.752. The molecule has 28 heavy (non-hydrogen) atoms. The van der Waals surface area contributed by atoms with E-state index in [1.54, 1.807) is 0 Å². The summed E-state index contributed by atoms with van der Waals surface area (Å²) in [5.74, 6) is 0.185. The highest BCUT2D eigenvalue weighted by Crippen LogP contribution is 2.27. The van der Waals surface area contributed by atoms with E-state index in [1.165, 1.54) is 22.4 Å². The van der Waals surface area contributed by atoms with Crippen LogP contribution in [-0.4, -0.2) is 43.0 Å². The summed E-state index contributed by atoms with van der Waals surface area (Å²) in [7, 11) is 0. The fourth-order valence-electron chi connectivity index (χ4n) is 4.05. The minimum Gasteiger partial charge on any atom is -0.368 e. The number of piperazine rings is 1. The molecule has 2 heterocycles. The van der Waals surface area contributed by atoms with Crippen LogP contribution >= 0.6 is 11.6 Å². The zero-order valence-corrected chi connectivity index (χ0v) is 17.2. The van der Waals surface area contributed by atoms with E-state index in [-0.39, 0.29) is 18.0 Å². The van der Waals surface area contributed by atoms with E-state index < -0.39 is 0 Å². The third-order valence-electron chi connectivity index (χ3n) is 5.78. The van der Waals surface area contributed by atoms with Gasteiger partial charge in [-0.15, -0.1) is 0 Å². The van der Waals surface area contributed by atoms with Gasteiger partial charge >= 0.3 is 0 Å². The Kier molecular flexibility index (Phi) is 5.58. The predicted octanol–water partition coefficient (Wildman–Crippen LogP) is 3.21. The molecule has 2 aliphatic rings. The minimum absolute atomic E-state index is 0.171. The number of benzene rings is 2. The van der Waals surface area contributed by atoms with Crippen LogP contribution in [0.1, 0.15) is 29.2 Å². The van der Waals surface area contributed by atoms with Crippen molar-refractivity contribution < 1.29 is 4.79 Å². The van der Waals surface area contributed by atoms with Gasteiger partial charge in [-0.25, -0.2) is 10.9 Å². The van der Waals surface area contributed by atoms with Crippen LogP contribution in [0.15, 0.2) is 42.5 Å². The third-order valence-corrected chi connectivity index (χ3v) is 6.02. The van der Waals surface area contributed by atoms with Gasteiger partial charge in [0.05, 0.1) is 0 Å². The minimum atomic E-state index is -0.175. The van der Waals surface area contributed by atoms with Crippen LogP contribution < -0.4 is 15.8 Å². The maximum absolute atomic E-state index is 13.0. The standard InChI is InChI=1S/C22H27ClN4O/c1-15-3-6-17(7-4-15)19-14-20(25-24-19)22(28)27-11-9-26(10-12-27)21-13-18(23)8-5-16(21)2/h3-8,13,19-20,24-25H,9-12,14H2,1-2H3. The zero-order chi connectivity index (χ0) is 19.7. The van der Waals surface area contributed by atoms with Crippen molar-refractivity contribution in [2.24, 2.45) is 0 Å². The molecule has 2 aromatic rings. The van der Waals surface area contributed by atoms with Crippen molar-refractivity contribution in [2.75, 3.05) is 31.1 Å². The van der Waals surface area contributed by atoms with Gasteiger partial charge in [-0.1, -0.05) is 47.5 Å². The number of nitrogens with one attached hydrogen (secondary N) is 2. The molecular formula is C22H27ClN4O. The largest absolute Gasteiger partial charge is 0.368 e. The molecule has 6 heteroatoms. The van der Waals surface area contributed by atoms with Crippen molar-refractivity contribution in [3.63, 3.8) is 0 Å². The summed E-state index contributed by atoms with van der Waals surface area (Å²) in [6, 6.07) is 14.5. The second-order valence-electron chi connectivity index (χ2n) is 7.78. The molecule has 1 amide bonds. The number of hydrogen-bond donors (Lipinski definition) is 2. The lowest BCUT2D eigenvalue weighted by atomic mass is 10.0. The molecule has 2 saturated heterocycles. The van der Waals surface area contributed by atoms with Crippen LogP contribution in [0.25, 0.3) is 0 Å². The Morgan fingerprint density at radius 2 is 1.71 bits per heavy atom. The Labute approximate surface area is 171 Å². The summed E-state index contributed by atoms with van der Waals surface area (Å²) in [6.45, 7) is 7.31. The molecule has 2 fully saturated rings. The molecule has 4 rings (SSSR count). The fourth-order valence-corrected chi connectivity index (χ4v) is 4.21. The van der Waals surface area contributed by atoms with Crippen molar-refractivity contribution in [1.29, 1.82) is 0 Å². The first-order valence-electron chi connectivity index (χ1n) is 9.89. The van der Waals surface area contributed by atoms with E-state index in [1.807, 2.05) is 17.0 Å². The van der Waals surface area contributed by atoms with Crippen molar-refractivity contribution >= 4 is 23.2 Å². The van der Waals surface area contributed by atoms with Gasteiger partial charge in [0.1, 0.15) is 6.04 Å². The number of hydrazine groups is 1. The monoisotopic (exact) mass is 398 g/mol. The van der Waals surface area contributed by atoms with Crippen molar-refractivity contribution in [2.45, 2.75) is 32.4 Å². The Bertz CT molecular complexity index is 846. The number of anilines is 1. The van der Waals surface area contributed by atoms with Gasteiger partial charge in [0.2, 0.25) is 5.91 Å². The first-order valence-corrected chi connectivity index (χ1v) is 10.3. The average Bonchev–Trinajstić information content (AvgIpc) is 3.20. The summed E-state index contributed by atoms with van der Waals surface area (Å²) in [6.07, 6.45) is 0.773. The summed E-state index contributed by atoms with van der Waals surface area (Å²) in [4.78, 5) is 17.3. The number of aryl methyl sites for hydroxylation is 2. The molecule has 0 bridgehead atoms. The number of carbonyl (C=O) groups is 1. The van der Waals surface area contributed by atoms with Crippen molar-refractivity contribution in [3.8, 4) is 0 Å². The second kappa shape index (κ2) is 8.11. The number of amides is 1. The van der Waals surface area contributed by atoms with Gasteiger partial charge in [0.15, 0.2) is 0 Å². The number of halogens is 1. The lowest BCUT2D eigenvalue weighted by Gasteiger charge is -2.37. The maximum atomic E-state index is 13.0. The highest BCUT2D eigenvalue weighted by Gasteiger charge is 2.34. The van der Waals surface area contributed by atoms with Crippen LogP contribution in [0.4, 0.5) is 5.69 Å². The Morgan fingerprint density at radius 3 is 2.43 bits per heavy atom. The molecule has 0 radical (unpaired) electrons. The molecule has 2 aliphatic heterocycles. The normalized spacial score (nSPS) is 22.5. The Morgan fingerprint density at radius 1 is 1.00 bits per heavy atom. The van der Waals surface area contributed by atoms with Crippen LogP contribution in [0.2, 0.25) is 5.02 Å². The van der Waals surface area contributed by atoms with E-state index in [0.717, 1.165) is 37.6 Å². The van der Waals surface area contributed by atoms with Crippen LogP contribution in [0, 0.1) is 13.8 Å². The maximum Gasteiger partial charge on any atom is 0.241 e. The molecule has 5 nitrogen and oxygen atoms in total. The third kappa shape index (κ3) is 4.02. The van der Waals surface area contributed by atoms with E-state index in [2.05, 4.69) is 59.9 Å². The van der Waals surface area contributed by atoms with Gasteiger partial charge in [0.25, 0.3) is 0 Å². The molecule has 2 atom stereocenters. The van der Waals surface area contributed by atoms with Gasteiger partial charge in [0, 0.05) is 42.9 Å². The first kappa shape index (κ1) is 19.2. The lowest BCUT2D eigenvalue weighted by molar-refractivity contribution is -0.133. The number of rotatable bonds is 3. The van der Waals surface area contributed by atoms with Crippen LogP contribution in [0.3, 0.4) is 0 Å². The first-order chi connectivity index (χ1) is 13.5. The van der Waals surface area contributed by atoms with Gasteiger partial charge < -0.3 is 9.80 Å². The van der Waals surface area contributed by atoms with E-state index in [4.69, 9.17) is 11.6 Å². The zero-order valence-electron chi connectivity index (χ0n) is 16.4. The highest BCUT2D eigenvalue weighted by molar-refractivity contribution is 6.30. The van der Waals surface area contributed by atoms with Gasteiger partial charge in [-0.05, 0) is 43.5 Å². The van der Waals surface area contributed by atoms with Crippen molar-refractivity contribution in [1.82, 2.24) is 15.8 Å². The second-order valence-corrected chi connectivity index (χ2v) is 8.22. The summed E-state index contributed by atoms with van der Waals surface area (Å²) >= 11 is 6.17. The molecule has 148 valence electrons. The molecular weight excluding hydrogens is 372 g/mol. The molecule has 2 N–H and O–H groups in total. The van der Waals surface area contributed by atoms with Crippen LogP contribution in [0.5, 0.6) is 0 Å². The molecule has 0 spiro atoms. The molecule has 2 aromatic carbocycles.